The van der Waals surface area contributed by atoms with Gasteiger partial charge in [0, 0.05) is 28.9 Å². The molecule has 0 unspecified atom stereocenters. The Morgan fingerprint density at radius 3 is 2.79 bits per heavy atom. The predicted molar refractivity (Wildman–Crippen MR) is 72.9 cm³/mol. The van der Waals surface area contributed by atoms with E-state index in [0.717, 1.165) is 22.2 Å². The lowest BCUT2D eigenvalue weighted by Crippen LogP contribution is -2.01. The van der Waals surface area contributed by atoms with Crippen LogP contribution in [-0.2, 0) is 4.74 Å². The molecule has 2 heterocycles. The molecule has 0 aliphatic heterocycles. The average Bonchev–Trinajstić information content (AvgIpc) is 2.90. The third-order valence-electron chi connectivity index (χ3n) is 3.05. The van der Waals surface area contributed by atoms with Gasteiger partial charge in [0.05, 0.1) is 18.4 Å². The van der Waals surface area contributed by atoms with Crippen molar-refractivity contribution in [3.8, 4) is 11.3 Å². The molecule has 0 fully saturated rings. The number of carbonyl (C=O) groups is 1. The Kier molecular flexibility index (Phi) is 2.76. The number of benzene rings is 1. The van der Waals surface area contributed by atoms with Gasteiger partial charge in [0.2, 0.25) is 0 Å². The molecule has 1 aromatic carbocycles. The highest BCUT2D eigenvalue weighted by atomic mass is 16.5. The van der Waals surface area contributed by atoms with E-state index >= 15 is 0 Å². The monoisotopic (exact) mass is 252 g/mol. The molecule has 0 atom stereocenters. The van der Waals surface area contributed by atoms with E-state index in [1.807, 2.05) is 36.5 Å². The number of para-hydroxylation sites is 1. The zero-order valence-corrected chi connectivity index (χ0v) is 10.4. The Balaban J connectivity index is 2.05. The van der Waals surface area contributed by atoms with Crippen LogP contribution in [0.25, 0.3) is 22.2 Å². The zero-order valence-electron chi connectivity index (χ0n) is 10.4. The molecule has 94 valence electrons. The van der Waals surface area contributed by atoms with Crippen LogP contribution in [0.3, 0.4) is 0 Å². The van der Waals surface area contributed by atoms with Crippen LogP contribution in [0.2, 0.25) is 0 Å². The first-order valence-corrected chi connectivity index (χ1v) is 5.90. The fourth-order valence-corrected chi connectivity index (χ4v) is 2.08. The van der Waals surface area contributed by atoms with Gasteiger partial charge in [0.25, 0.3) is 0 Å². The highest BCUT2D eigenvalue weighted by Crippen LogP contribution is 2.26. The maximum atomic E-state index is 11.4. The molecule has 0 saturated heterocycles. The molecule has 0 amide bonds. The second-order valence-electron chi connectivity index (χ2n) is 4.17. The summed E-state index contributed by atoms with van der Waals surface area (Å²) in [6, 6.07) is 11.6. The summed E-state index contributed by atoms with van der Waals surface area (Å²) in [5.41, 5.74) is 3.36. The second-order valence-corrected chi connectivity index (χ2v) is 4.17. The quantitative estimate of drug-likeness (QED) is 0.713. The van der Waals surface area contributed by atoms with Crippen LogP contribution in [0.15, 0.2) is 48.8 Å². The predicted octanol–water partition coefficient (Wildman–Crippen LogP) is 3.02. The van der Waals surface area contributed by atoms with E-state index < -0.39 is 0 Å². The number of nitrogens with zero attached hydrogens (tertiary/aromatic N) is 1. The molecule has 0 aliphatic carbocycles. The number of fused-ring (bicyclic) bond motifs is 1. The van der Waals surface area contributed by atoms with Gasteiger partial charge < -0.3 is 9.72 Å². The van der Waals surface area contributed by atoms with Crippen LogP contribution < -0.4 is 0 Å². The Morgan fingerprint density at radius 2 is 2.05 bits per heavy atom. The van der Waals surface area contributed by atoms with E-state index in [1.165, 1.54) is 13.3 Å². The summed E-state index contributed by atoms with van der Waals surface area (Å²) in [4.78, 5) is 18.9. The van der Waals surface area contributed by atoms with Crippen LogP contribution >= 0.6 is 0 Å². The number of nitrogens with one attached hydrogen (secondary N) is 1. The largest absolute Gasteiger partial charge is 0.465 e. The van der Waals surface area contributed by atoms with Crippen molar-refractivity contribution in [1.82, 2.24) is 9.97 Å². The van der Waals surface area contributed by atoms with Gasteiger partial charge in [-0.25, -0.2) is 4.79 Å². The summed E-state index contributed by atoms with van der Waals surface area (Å²) in [6.07, 6.45) is 3.45. The molecule has 4 nitrogen and oxygen atoms in total. The topological polar surface area (TPSA) is 55.0 Å². The third kappa shape index (κ3) is 1.97. The first-order chi connectivity index (χ1) is 9.29. The van der Waals surface area contributed by atoms with Crippen LogP contribution in [-0.4, -0.2) is 23.0 Å². The Labute approximate surface area is 110 Å². The maximum absolute atomic E-state index is 11.4. The minimum absolute atomic E-state index is 0.377. The molecular formula is C15H12N2O2. The molecule has 19 heavy (non-hydrogen) atoms. The first kappa shape index (κ1) is 11.5. The number of hydrogen-bond acceptors (Lipinski definition) is 3. The molecule has 0 bridgehead atoms. The minimum Gasteiger partial charge on any atom is -0.465 e. The van der Waals surface area contributed by atoms with Gasteiger partial charge in [0.1, 0.15) is 0 Å². The van der Waals surface area contributed by atoms with Crippen molar-refractivity contribution >= 4 is 16.9 Å². The standard InChI is InChI=1S/C15H12N2O2/c1-19-15(18)10-6-7-14(16-8-10)12-9-17-13-5-3-2-4-11(12)13/h2-9,17H,1H3. The van der Waals surface area contributed by atoms with Gasteiger partial charge in [-0.3, -0.25) is 4.98 Å². The molecule has 3 rings (SSSR count). The molecule has 0 radical (unpaired) electrons. The van der Waals surface area contributed by atoms with Crippen molar-refractivity contribution in [3.63, 3.8) is 0 Å². The van der Waals surface area contributed by atoms with Crippen molar-refractivity contribution in [3.05, 3.63) is 54.4 Å². The van der Waals surface area contributed by atoms with E-state index in [1.54, 1.807) is 6.07 Å². The van der Waals surface area contributed by atoms with Crippen molar-refractivity contribution in [1.29, 1.82) is 0 Å². The van der Waals surface area contributed by atoms with E-state index in [-0.39, 0.29) is 5.97 Å². The summed E-state index contributed by atoms with van der Waals surface area (Å²) in [7, 11) is 1.36. The van der Waals surface area contributed by atoms with Crippen LogP contribution in [0.4, 0.5) is 0 Å². The van der Waals surface area contributed by atoms with E-state index in [9.17, 15) is 4.79 Å². The zero-order chi connectivity index (χ0) is 13.2. The van der Waals surface area contributed by atoms with Crippen LogP contribution in [0, 0.1) is 0 Å². The van der Waals surface area contributed by atoms with Crippen molar-refractivity contribution < 1.29 is 9.53 Å². The highest BCUT2D eigenvalue weighted by Gasteiger charge is 2.09. The van der Waals surface area contributed by atoms with Gasteiger partial charge in [-0.2, -0.15) is 0 Å². The number of H-pyrrole nitrogens is 1. The van der Waals surface area contributed by atoms with E-state index in [4.69, 9.17) is 0 Å². The minimum atomic E-state index is -0.377. The van der Waals surface area contributed by atoms with Gasteiger partial charge in [-0.15, -0.1) is 0 Å². The lowest BCUT2D eigenvalue weighted by Gasteiger charge is -2.01. The molecule has 2 aromatic heterocycles. The number of rotatable bonds is 2. The number of aromatic amines is 1. The molecule has 3 aromatic rings. The Morgan fingerprint density at radius 1 is 1.21 bits per heavy atom. The van der Waals surface area contributed by atoms with Crippen molar-refractivity contribution in [2.75, 3.05) is 7.11 Å². The normalized spacial score (nSPS) is 10.6. The van der Waals surface area contributed by atoms with Gasteiger partial charge in [-0.05, 0) is 18.2 Å². The fourth-order valence-electron chi connectivity index (χ4n) is 2.08. The highest BCUT2D eigenvalue weighted by molar-refractivity contribution is 5.95. The van der Waals surface area contributed by atoms with Crippen LogP contribution in [0.1, 0.15) is 10.4 Å². The Hall–Kier alpha value is -2.62. The first-order valence-electron chi connectivity index (χ1n) is 5.90. The number of aromatic nitrogens is 2. The van der Waals surface area contributed by atoms with Crippen molar-refractivity contribution in [2.24, 2.45) is 0 Å². The molecule has 0 spiro atoms. The van der Waals surface area contributed by atoms with E-state index in [2.05, 4.69) is 14.7 Å². The molecule has 1 N–H and O–H groups in total. The number of pyridine rings is 1. The second kappa shape index (κ2) is 4.57. The summed E-state index contributed by atoms with van der Waals surface area (Å²) in [6.45, 7) is 0. The molecular weight excluding hydrogens is 240 g/mol. The summed E-state index contributed by atoms with van der Waals surface area (Å²) in [5.74, 6) is -0.377. The van der Waals surface area contributed by atoms with Gasteiger partial charge >= 0.3 is 5.97 Å². The SMILES string of the molecule is COC(=O)c1ccc(-c2c[nH]c3ccccc23)nc1. The number of hydrogen-bond donors (Lipinski definition) is 1. The Bertz CT molecular complexity index is 729. The smallest absolute Gasteiger partial charge is 0.339 e. The van der Waals surface area contributed by atoms with Crippen molar-refractivity contribution in [2.45, 2.75) is 0 Å². The number of esters is 1. The summed E-state index contributed by atoms with van der Waals surface area (Å²) >= 11 is 0. The maximum Gasteiger partial charge on any atom is 0.339 e. The summed E-state index contributed by atoms with van der Waals surface area (Å²) < 4.78 is 4.65. The van der Waals surface area contributed by atoms with E-state index in [0.29, 0.717) is 5.56 Å². The van der Waals surface area contributed by atoms with Gasteiger partial charge in [0.15, 0.2) is 0 Å². The molecule has 4 heteroatoms. The van der Waals surface area contributed by atoms with Gasteiger partial charge in [-0.1, -0.05) is 18.2 Å². The van der Waals surface area contributed by atoms with Crippen LogP contribution in [0.5, 0.6) is 0 Å². The molecule has 0 aliphatic rings. The molecule has 0 saturated carbocycles. The number of ether oxygens (including phenoxy) is 1. The lowest BCUT2D eigenvalue weighted by atomic mass is 10.1. The summed E-state index contributed by atoms with van der Waals surface area (Å²) in [5, 5.41) is 1.11. The fraction of sp³-hybridized carbons (Fsp3) is 0.0667. The number of carbonyl (C=O) groups excluding carboxylic acids is 1. The average molecular weight is 252 g/mol. The lowest BCUT2D eigenvalue weighted by molar-refractivity contribution is 0.0600. The third-order valence-corrected chi connectivity index (χ3v) is 3.05. The number of methoxy groups -OCH3 is 1.